The molecule has 0 spiro atoms. The van der Waals surface area contributed by atoms with Crippen LogP contribution in [-0.2, 0) is 14.6 Å². The average Bonchev–Trinajstić information content (AvgIpc) is 1.90. The van der Waals surface area contributed by atoms with E-state index in [-0.39, 0.29) is 6.10 Å². The average molecular weight is 116 g/mol. The number of rotatable bonds is 1. The molecular formula is C5H8O3. The lowest BCUT2D eigenvalue weighted by Crippen LogP contribution is -2.20. The minimum Gasteiger partial charge on any atom is -0.300 e. The van der Waals surface area contributed by atoms with Crippen molar-refractivity contribution in [3.05, 3.63) is 0 Å². The highest BCUT2D eigenvalue weighted by Crippen LogP contribution is 2.06. The first kappa shape index (κ1) is 5.72. The standard InChI is InChI=1S/C5H8O3/c6-4-5-2-1-3-7-8-5/h4-5H,1-3H2. The van der Waals surface area contributed by atoms with E-state index in [9.17, 15) is 4.79 Å². The molecule has 1 fully saturated rings. The van der Waals surface area contributed by atoms with E-state index in [1.165, 1.54) is 0 Å². The van der Waals surface area contributed by atoms with Gasteiger partial charge in [0.2, 0.25) is 0 Å². The third kappa shape index (κ3) is 1.28. The molecule has 3 nitrogen and oxygen atoms in total. The van der Waals surface area contributed by atoms with Crippen LogP contribution < -0.4 is 0 Å². The molecule has 0 bridgehead atoms. The maximum absolute atomic E-state index is 9.95. The number of hydrogen-bond donors (Lipinski definition) is 0. The topological polar surface area (TPSA) is 35.5 Å². The van der Waals surface area contributed by atoms with Gasteiger partial charge >= 0.3 is 0 Å². The summed E-state index contributed by atoms with van der Waals surface area (Å²) < 4.78 is 0. The maximum atomic E-state index is 9.95. The maximum Gasteiger partial charge on any atom is 0.152 e. The van der Waals surface area contributed by atoms with Crippen molar-refractivity contribution in [1.29, 1.82) is 0 Å². The molecule has 46 valence electrons. The van der Waals surface area contributed by atoms with Gasteiger partial charge in [0.1, 0.15) is 6.10 Å². The molecule has 0 aliphatic carbocycles. The zero-order valence-corrected chi connectivity index (χ0v) is 4.50. The van der Waals surface area contributed by atoms with Gasteiger partial charge in [0.05, 0.1) is 6.61 Å². The fourth-order valence-corrected chi connectivity index (χ4v) is 0.618. The minimum absolute atomic E-state index is 0.316. The van der Waals surface area contributed by atoms with E-state index < -0.39 is 0 Å². The summed E-state index contributed by atoms with van der Waals surface area (Å²) in [6.45, 7) is 0.615. The summed E-state index contributed by atoms with van der Waals surface area (Å²) in [4.78, 5) is 19.1. The van der Waals surface area contributed by atoms with E-state index in [2.05, 4.69) is 9.78 Å². The third-order valence-electron chi connectivity index (χ3n) is 1.06. The SMILES string of the molecule is O=CC1CCCOO1. The summed E-state index contributed by atoms with van der Waals surface area (Å²) in [6, 6.07) is 0. The van der Waals surface area contributed by atoms with Gasteiger partial charge in [-0.1, -0.05) is 0 Å². The van der Waals surface area contributed by atoms with Crippen LogP contribution >= 0.6 is 0 Å². The highest BCUT2D eigenvalue weighted by molar-refractivity contribution is 5.55. The molecule has 1 aliphatic heterocycles. The van der Waals surface area contributed by atoms with Crippen LogP contribution in [0.25, 0.3) is 0 Å². The van der Waals surface area contributed by atoms with Crippen molar-refractivity contribution < 1.29 is 14.6 Å². The van der Waals surface area contributed by atoms with Crippen molar-refractivity contribution >= 4 is 6.29 Å². The lowest BCUT2D eigenvalue weighted by molar-refractivity contribution is -0.332. The first-order valence-electron chi connectivity index (χ1n) is 2.67. The highest BCUT2D eigenvalue weighted by Gasteiger charge is 2.12. The molecule has 8 heavy (non-hydrogen) atoms. The Morgan fingerprint density at radius 1 is 1.62 bits per heavy atom. The molecule has 1 rings (SSSR count). The molecular weight excluding hydrogens is 108 g/mol. The molecule has 0 radical (unpaired) electrons. The molecule has 0 aromatic heterocycles. The van der Waals surface area contributed by atoms with Crippen LogP contribution in [0.1, 0.15) is 12.8 Å². The molecule has 1 saturated heterocycles. The predicted molar refractivity (Wildman–Crippen MR) is 26.1 cm³/mol. The van der Waals surface area contributed by atoms with Crippen LogP contribution in [0.4, 0.5) is 0 Å². The van der Waals surface area contributed by atoms with Gasteiger partial charge in [-0.2, -0.15) is 0 Å². The monoisotopic (exact) mass is 116 g/mol. The fraction of sp³-hybridized carbons (Fsp3) is 0.800. The van der Waals surface area contributed by atoms with Gasteiger partial charge in [-0.15, -0.1) is 0 Å². The second kappa shape index (κ2) is 2.79. The minimum atomic E-state index is -0.316. The van der Waals surface area contributed by atoms with E-state index in [1.54, 1.807) is 0 Å². The van der Waals surface area contributed by atoms with Gasteiger partial charge in [0.15, 0.2) is 6.29 Å². The molecule has 1 unspecified atom stereocenters. The van der Waals surface area contributed by atoms with E-state index in [4.69, 9.17) is 0 Å². The number of carbonyl (C=O) groups is 1. The van der Waals surface area contributed by atoms with Gasteiger partial charge in [-0.05, 0) is 12.8 Å². The van der Waals surface area contributed by atoms with Crippen molar-refractivity contribution in [3.8, 4) is 0 Å². The fourth-order valence-electron chi connectivity index (χ4n) is 0.618. The molecule has 1 heterocycles. The smallest absolute Gasteiger partial charge is 0.152 e. The molecule has 1 atom stereocenters. The summed E-state index contributed by atoms with van der Waals surface area (Å²) in [6.07, 6.45) is 2.16. The molecule has 0 saturated carbocycles. The molecule has 1 aliphatic rings. The lowest BCUT2D eigenvalue weighted by Gasteiger charge is -2.14. The largest absolute Gasteiger partial charge is 0.300 e. The van der Waals surface area contributed by atoms with Gasteiger partial charge in [0, 0.05) is 0 Å². The summed E-state index contributed by atoms with van der Waals surface area (Å²) in [5.74, 6) is 0. The highest BCUT2D eigenvalue weighted by atomic mass is 17.2. The Kier molecular flexibility index (Phi) is 2.00. The van der Waals surface area contributed by atoms with Crippen molar-refractivity contribution in [2.75, 3.05) is 6.61 Å². The molecule has 0 aromatic carbocycles. The Bertz CT molecular complexity index is 75.7. The van der Waals surface area contributed by atoms with Gasteiger partial charge in [-0.3, -0.25) is 0 Å². The summed E-state index contributed by atoms with van der Waals surface area (Å²) >= 11 is 0. The second-order valence-electron chi connectivity index (χ2n) is 1.73. The Labute approximate surface area is 47.5 Å². The van der Waals surface area contributed by atoms with Crippen molar-refractivity contribution in [2.24, 2.45) is 0 Å². The van der Waals surface area contributed by atoms with Crippen LogP contribution in [0.2, 0.25) is 0 Å². The molecule has 0 amide bonds. The summed E-state index contributed by atoms with van der Waals surface area (Å²) in [5, 5.41) is 0. The zero-order valence-electron chi connectivity index (χ0n) is 4.50. The zero-order chi connectivity index (χ0) is 5.82. The third-order valence-corrected chi connectivity index (χ3v) is 1.06. The van der Waals surface area contributed by atoms with E-state index in [1.807, 2.05) is 0 Å². The van der Waals surface area contributed by atoms with Crippen molar-refractivity contribution in [1.82, 2.24) is 0 Å². The van der Waals surface area contributed by atoms with Crippen LogP contribution in [0.15, 0.2) is 0 Å². The van der Waals surface area contributed by atoms with Crippen molar-refractivity contribution in [2.45, 2.75) is 18.9 Å². The van der Waals surface area contributed by atoms with Crippen LogP contribution in [-0.4, -0.2) is 19.0 Å². The summed E-state index contributed by atoms with van der Waals surface area (Å²) in [5.41, 5.74) is 0. The van der Waals surface area contributed by atoms with E-state index >= 15 is 0 Å². The van der Waals surface area contributed by atoms with Crippen LogP contribution in [0.3, 0.4) is 0 Å². The Balaban J connectivity index is 2.22. The summed E-state index contributed by atoms with van der Waals surface area (Å²) in [7, 11) is 0. The normalized spacial score (nSPS) is 29.8. The van der Waals surface area contributed by atoms with E-state index in [0.29, 0.717) is 6.61 Å². The first-order chi connectivity index (χ1) is 3.93. The van der Waals surface area contributed by atoms with Gasteiger partial charge in [0.25, 0.3) is 0 Å². The lowest BCUT2D eigenvalue weighted by atomic mass is 10.2. The molecule has 0 N–H and O–H groups in total. The second-order valence-corrected chi connectivity index (χ2v) is 1.73. The Morgan fingerprint density at radius 2 is 2.50 bits per heavy atom. The Hall–Kier alpha value is -0.410. The van der Waals surface area contributed by atoms with Crippen molar-refractivity contribution in [3.63, 3.8) is 0 Å². The predicted octanol–water partition coefficient (Wildman–Crippen LogP) is 0.296. The molecule has 3 heteroatoms. The molecule has 0 aromatic rings. The van der Waals surface area contributed by atoms with E-state index in [0.717, 1.165) is 19.1 Å². The Morgan fingerprint density at radius 3 is 2.88 bits per heavy atom. The quantitative estimate of drug-likeness (QED) is 0.365. The van der Waals surface area contributed by atoms with Crippen LogP contribution in [0, 0.1) is 0 Å². The number of hydrogen-bond acceptors (Lipinski definition) is 3. The van der Waals surface area contributed by atoms with Gasteiger partial charge < -0.3 is 4.79 Å². The number of carbonyl (C=O) groups excluding carboxylic acids is 1. The van der Waals surface area contributed by atoms with Gasteiger partial charge in [-0.25, -0.2) is 9.78 Å². The first-order valence-corrected chi connectivity index (χ1v) is 2.67. The van der Waals surface area contributed by atoms with Crippen LogP contribution in [0.5, 0.6) is 0 Å². The number of aldehydes is 1.